The summed E-state index contributed by atoms with van der Waals surface area (Å²) in [5.41, 5.74) is 12.8. The molecular weight excluding hydrogens is 560 g/mol. The van der Waals surface area contributed by atoms with Crippen molar-refractivity contribution in [3.8, 4) is 56.2 Å². The van der Waals surface area contributed by atoms with Gasteiger partial charge in [0.1, 0.15) is 11.3 Å². The van der Waals surface area contributed by atoms with Gasteiger partial charge in [-0.25, -0.2) is 9.50 Å². The molecule has 9 aromatic rings. The van der Waals surface area contributed by atoms with Crippen molar-refractivity contribution in [1.82, 2.24) is 19.0 Å². The highest BCUT2D eigenvalue weighted by Gasteiger charge is 2.22. The summed E-state index contributed by atoms with van der Waals surface area (Å²) in [7, 11) is 0. The number of benzene rings is 5. The Hall–Kier alpha value is -6.26. The second kappa shape index (κ2) is 10.7. The van der Waals surface area contributed by atoms with Crippen LogP contribution < -0.4 is 0 Å². The monoisotopic (exact) mass is 588 g/mol. The Balaban J connectivity index is 1.28. The van der Waals surface area contributed by atoms with Gasteiger partial charge in [-0.1, -0.05) is 146 Å². The molecule has 0 bridgehead atoms. The fourth-order valence-electron chi connectivity index (χ4n) is 6.64. The predicted octanol–water partition coefficient (Wildman–Crippen LogP) is 10.5. The summed E-state index contributed by atoms with van der Waals surface area (Å²) in [6.07, 6.45) is 2.09. The average molecular weight is 589 g/mol. The third-order valence-corrected chi connectivity index (χ3v) is 8.76. The molecule has 46 heavy (non-hydrogen) atoms. The molecular formula is C42H28N4. The van der Waals surface area contributed by atoms with Gasteiger partial charge in [-0.2, -0.15) is 5.10 Å². The van der Waals surface area contributed by atoms with Gasteiger partial charge in [-0.15, -0.1) is 0 Å². The van der Waals surface area contributed by atoms with Crippen LogP contribution in [0.25, 0.3) is 78.1 Å². The van der Waals surface area contributed by atoms with Crippen LogP contribution in [0.5, 0.6) is 0 Å². The minimum atomic E-state index is 0.926. The van der Waals surface area contributed by atoms with Crippen LogP contribution in [0, 0.1) is 0 Å². The van der Waals surface area contributed by atoms with Crippen LogP contribution in [0.2, 0.25) is 0 Å². The molecule has 0 amide bonds. The summed E-state index contributed by atoms with van der Waals surface area (Å²) in [6, 6.07) is 57.4. The van der Waals surface area contributed by atoms with Crippen molar-refractivity contribution in [3.05, 3.63) is 170 Å². The largest absolute Gasteiger partial charge is 0.299 e. The normalized spacial score (nSPS) is 11.5. The highest BCUT2D eigenvalue weighted by atomic mass is 15.2. The molecule has 0 N–H and O–H groups in total. The molecule has 4 aromatic heterocycles. The van der Waals surface area contributed by atoms with E-state index in [1.165, 1.54) is 10.8 Å². The number of rotatable bonds is 5. The third-order valence-electron chi connectivity index (χ3n) is 8.76. The van der Waals surface area contributed by atoms with Crippen molar-refractivity contribution in [1.29, 1.82) is 0 Å². The molecule has 0 aliphatic heterocycles. The minimum absolute atomic E-state index is 0.926. The van der Waals surface area contributed by atoms with E-state index in [-0.39, 0.29) is 0 Å². The quantitative estimate of drug-likeness (QED) is 0.200. The molecule has 0 aliphatic carbocycles. The van der Waals surface area contributed by atoms with Gasteiger partial charge >= 0.3 is 0 Å². The first kappa shape index (κ1) is 26.2. The Labute approximate surface area is 266 Å². The molecule has 0 fully saturated rings. The molecule has 0 radical (unpaired) electrons. The van der Waals surface area contributed by atoms with Gasteiger partial charge in [-0.3, -0.25) is 4.40 Å². The van der Waals surface area contributed by atoms with Crippen LogP contribution in [-0.4, -0.2) is 19.0 Å². The fraction of sp³-hybridized carbons (Fsp3) is 0. The van der Waals surface area contributed by atoms with E-state index in [0.717, 1.165) is 67.3 Å². The van der Waals surface area contributed by atoms with Crippen LogP contribution in [0.1, 0.15) is 0 Å². The lowest BCUT2D eigenvalue weighted by Gasteiger charge is -2.12. The van der Waals surface area contributed by atoms with Crippen molar-refractivity contribution in [2.45, 2.75) is 0 Å². The number of hydrogen-bond donors (Lipinski definition) is 0. The summed E-state index contributed by atoms with van der Waals surface area (Å²) >= 11 is 0. The molecule has 0 saturated carbocycles. The minimum Gasteiger partial charge on any atom is -0.299 e. The van der Waals surface area contributed by atoms with E-state index >= 15 is 0 Å². The average Bonchev–Trinajstić information content (AvgIpc) is 3.73. The zero-order valence-electron chi connectivity index (χ0n) is 25.0. The first-order valence-corrected chi connectivity index (χ1v) is 15.5. The van der Waals surface area contributed by atoms with Crippen LogP contribution in [0.15, 0.2) is 170 Å². The highest BCUT2D eigenvalue weighted by molar-refractivity contribution is 6.08. The molecule has 0 spiro atoms. The Morgan fingerprint density at radius 3 is 1.76 bits per heavy atom. The number of nitrogens with zero attached hydrogens (tertiary/aromatic N) is 4. The maximum atomic E-state index is 5.36. The molecule has 4 heterocycles. The molecule has 216 valence electrons. The lowest BCUT2D eigenvalue weighted by atomic mass is 9.96. The number of pyridine rings is 2. The standard InChI is InChI=1S/C42H28N4/c1-4-14-30(15-5-1)38-39(31-16-6-2-7-17-31)44-46-36(28-34-20-10-11-21-35(34)42(38)46)29-23-25-33(26-24-29)41-40(32-18-8-3-9-19-32)43-37-22-12-13-27-45(37)41/h1-28H. The Morgan fingerprint density at radius 2 is 1.04 bits per heavy atom. The van der Waals surface area contributed by atoms with Gasteiger partial charge in [-0.05, 0) is 29.1 Å². The second-order valence-corrected chi connectivity index (χ2v) is 11.5. The Kier molecular flexibility index (Phi) is 6.10. The number of fused-ring (bicyclic) bond motifs is 4. The number of imidazole rings is 1. The molecule has 0 atom stereocenters. The highest BCUT2D eigenvalue weighted by Crippen LogP contribution is 2.41. The van der Waals surface area contributed by atoms with Crippen LogP contribution in [0.4, 0.5) is 0 Å². The van der Waals surface area contributed by atoms with E-state index in [1.807, 2.05) is 12.1 Å². The SMILES string of the molecule is c1ccc(-c2nn3c(-c4ccc(-c5c(-c6ccccc6)nc6ccccn56)cc4)cc4ccccc4c3c2-c2ccccc2)cc1. The molecule has 5 aromatic carbocycles. The zero-order valence-corrected chi connectivity index (χ0v) is 25.0. The molecule has 4 nitrogen and oxygen atoms in total. The summed E-state index contributed by atoms with van der Waals surface area (Å²) in [4.78, 5) is 5.03. The van der Waals surface area contributed by atoms with Crippen molar-refractivity contribution in [2.75, 3.05) is 0 Å². The van der Waals surface area contributed by atoms with Crippen molar-refractivity contribution in [2.24, 2.45) is 0 Å². The summed E-state index contributed by atoms with van der Waals surface area (Å²) < 4.78 is 4.32. The molecule has 9 rings (SSSR count). The van der Waals surface area contributed by atoms with Crippen molar-refractivity contribution < 1.29 is 0 Å². The van der Waals surface area contributed by atoms with Gasteiger partial charge in [0.25, 0.3) is 0 Å². The lowest BCUT2D eigenvalue weighted by molar-refractivity contribution is 0.979. The summed E-state index contributed by atoms with van der Waals surface area (Å²) in [5, 5.41) is 7.71. The van der Waals surface area contributed by atoms with Gasteiger partial charge in [0.05, 0.1) is 22.6 Å². The van der Waals surface area contributed by atoms with Gasteiger partial charge in [0.15, 0.2) is 0 Å². The molecule has 0 aliphatic rings. The summed E-state index contributed by atoms with van der Waals surface area (Å²) in [6.45, 7) is 0. The predicted molar refractivity (Wildman–Crippen MR) is 189 cm³/mol. The van der Waals surface area contributed by atoms with Crippen LogP contribution >= 0.6 is 0 Å². The van der Waals surface area contributed by atoms with Crippen LogP contribution in [-0.2, 0) is 0 Å². The van der Waals surface area contributed by atoms with Crippen molar-refractivity contribution in [3.63, 3.8) is 0 Å². The molecule has 0 saturated heterocycles. The van der Waals surface area contributed by atoms with E-state index in [0.29, 0.717) is 0 Å². The van der Waals surface area contributed by atoms with Gasteiger partial charge in [0, 0.05) is 39.4 Å². The van der Waals surface area contributed by atoms with E-state index in [4.69, 9.17) is 10.1 Å². The number of hydrogen-bond acceptors (Lipinski definition) is 2. The molecule has 4 heteroatoms. The Bertz CT molecular complexity index is 2490. The second-order valence-electron chi connectivity index (χ2n) is 11.5. The van der Waals surface area contributed by atoms with Crippen molar-refractivity contribution >= 4 is 21.9 Å². The fourth-order valence-corrected chi connectivity index (χ4v) is 6.64. The summed E-state index contributed by atoms with van der Waals surface area (Å²) in [5.74, 6) is 0. The number of aromatic nitrogens is 4. The Morgan fingerprint density at radius 1 is 0.457 bits per heavy atom. The van der Waals surface area contributed by atoms with Crippen LogP contribution in [0.3, 0.4) is 0 Å². The van der Waals surface area contributed by atoms with Gasteiger partial charge in [0.2, 0.25) is 0 Å². The van der Waals surface area contributed by atoms with Gasteiger partial charge < -0.3 is 0 Å². The van der Waals surface area contributed by atoms with E-state index in [2.05, 4.69) is 167 Å². The molecule has 0 unspecified atom stereocenters. The third kappa shape index (κ3) is 4.23. The topological polar surface area (TPSA) is 34.6 Å². The maximum Gasteiger partial charge on any atom is 0.137 e. The maximum absolute atomic E-state index is 5.36. The smallest absolute Gasteiger partial charge is 0.137 e. The first-order chi connectivity index (χ1) is 22.8. The van der Waals surface area contributed by atoms with E-state index in [9.17, 15) is 0 Å². The lowest BCUT2D eigenvalue weighted by Crippen LogP contribution is -1.96. The van der Waals surface area contributed by atoms with E-state index < -0.39 is 0 Å². The first-order valence-electron chi connectivity index (χ1n) is 15.5. The zero-order chi connectivity index (χ0) is 30.5. The van der Waals surface area contributed by atoms with E-state index in [1.54, 1.807) is 0 Å².